The normalized spacial score (nSPS) is 24.7. The molecule has 0 saturated heterocycles. The van der Waals surface area contributed by atoms with Crippen molar-refractivity contribution in [1.29, 1.82) is 0 Å². The highest BCUT2D eigenvalue weighted by molar-refractivity contribution is 5.55. The van der Waals surface area contributed by atoms with Crippen molar-refractivity contribution in [1.82, 2.24) is 0 Å². The van der Waals surface area contributed by atoms with Gasteiger partial charge in [-0.15, -0.1) is 0 Å². The fraction of sp³-hybridized carbons (Fsp3) is 0.429. The molecule has 2 aliphatic carbocycles. The number of hydrogen-bond donors (Lipinski definition) is 0. The Morgan fingerprint density at radius 2 is 1.17 bits per heavy atom. The van der Waals surface area contributed by atoms with Crippen LogP contribution in [-0.4, -0.2) is 0 Å². The Morgan fingerprint density at radius 1 is 0.778 bits per heavy atom. The quantitative estimate of drug-likeness (QED) is 0.276. The topological polar surface area (TPSA) is 0 Å². The fourth-order valence-electron chi connectivity index (χ4n) is 3.53. The van der Waals surface area contributed by atoms with E-state index in [-0.39, 0.29) is 23.0 Å². The number of rotatable bonds is 0. The second-order valence-electron chi connectivity index (χ2n) is 5.22. The SMILES string of the molecule is CC(C)=C1C2CCC1c1c(F)c(F)c(F)c(F)c12. The van der Waals surface area contributed by atoms with E-state index in [1.165, 1.54) is 0 Å². The van der Waals surface area contributed by atoms with Gasteiger partial charge in [-0.05, 0) is 26.7 Å². The number of allylic oxidation sites excluding steroid dienone is 2. The first-order valence-electron chi connectivity index (χ1n) is 5.98. The third-order valence-electron chi connectivity index (χ3n) is 4.11. The summed E-state index contributed by atoms with van der Waals surface area (Å²) in [4.78, 5) is 0. The van der Waals surface area contributed by atoms with Crippen molar-refractivity contribution in [2.24, 2.45) is 0 Å². The van der Waals surface area contributed by atoms with E-state index in [1.807, 2.05) is 13.8 Å². The molecule has 2 bridgehead atoms. The van der Waals surface area contributed by atoms with Crippen LogP contribution in [0.25, 0.3) is 0 Å². The zero-order chi connectivity index (χ0) is 13.2. The molecule has 1 saturated carbocycles. The van der Waals surface area contributed by atoms with Gasteiger partial charge < -0.3 is 0 Å². The van der Waals surface area contributed by atoms with Gasteiger partial charge in [-0.25, -0.2) is 17.6 Å². The lowest BCUT2D eigenvalue weighted by Crippen LogP contribution is -2.09. The molecule has 3 rings (SSSR count). The Labute approximate surface area is 102 Å². The van der Waals surface area contributed by atoms with E-state index in [2.05, 4.69) is 0 Å². The Morgan fingerprint density at radius 3 is 1.50 bits per heavy atom. The predicted molar refractivity (Wildman–Crippen MR) is 59.4 cm³/mol. The summed E-state index contributed by atoms with van der Waals surface area (Å²) in [5.41, 5.74) is 2.00. The lowest BCUT2D eigenvalue weighted by molar-refractivity contribution is 0.394. The maximum absolute atomic E-state index is 13.8. The van der Waals surface area contributed by atoms with E-state index in [1.54, 1.807) is 0 Å². The summed E-state index contributed by atoms with van der Waals surface area (Å²) in [6, 6.07) is 0. The molecule has 2 atom stereocenters. The van der Waals surface area contributed by atoms with E-state index in [9.17, 15) is 17.6 Å². The van der Waals surface area contributed by atoms with Crippen LogP contribution in [0.4, 0.5) is 17.6 Å². The van der Waals surface area contributed by atoms with Gasteiger partial charge in [0.25, 0.3) is 0 Å². The molecule has 1 aromatic rings. The van der Waals surface area contributed by atoms with Gasteiger partial charge in [-0.1, -0.05) is 11.1 Å². The molecule has 0 nitrogen and oxygen atoms in total. The Bertz CT molecular complexity index is 537. The minimum absolute atomic E-state index is 0.0406. The maximum Gasteiger partial charge on any atom is 0.197 e. The molecule has 0 aromatic heterocycles. The average molecular weight is 256 g/mol. The Kier molecular flexibility index (Phi) is 2.34. The molecule has 0 heterocycles. The van der Waals surface area contributed by atoms with Crippen molar-refractivity contribution >= 4 is 0 Å². The monoisotopic (exact) mass is 256 g/mol. The van der Waals surface area contributed by atoms with Crippen LogP contribution in [0.3, 0.4) is 0 Å². The van der Waals surface area contributed by atoms with Gasteiger partial charge >= 0.3 is 0 Å². The fourth-order valence-corrected chi connectivity index (χ4v) is 3.53. The second-order valence-corrected chi connectivity index (χ2v) is 5.22. The molecule has 2 aliphatic rings. The first kappa shape index (κ1) is 11.8. The van der Waals surface area contributed by atoms with Crippen LogP contribution in [0.2, 0.25) is 0 Å². The van der Waals surface area contributed by atoms with E-state index >= 15 is 0 Å². The second kappa shape index (κ2) is 3.59. The highest BCUT2D eigenvalue weighted by Gasteiger charge is 2.47. The summed E-state index contributed by atoms with van der Waals surface area (Å²) in [7, 11) is 0. The predicted octanol–water partition coefficient (Wildman–Crippen LogP) is 4.55. The Hall–Kier alpha value is -1.32. The van der Waals surface area contributed by atoms with Crippen molar-refractivity contribution in [3.63, 3.8) is 0 Å². The van der Waals surface area contributed by atoms with Crippen molar-refractivity contribution in [3.8, 4) is 0 Å². The number of fused-ring (bicyclic) bond motifs is 5. The van der Waals surface area contributed by atoms with Crippen LogP contribution in [0.15, 0.2) is 11.1 Å². The van der Waals surface area contributed by atoms with Gasteiger partial charge in [0.05, 0.1) is 0 Å². The summed E-state index contributed by atoms with van der Waals surface area (Å²) >= 11 is 0. The van der Waals surface area contributed by atoms with Crippen molar-refractivity contribution in [3.05, 3.63) is 45.5 Å². The molecule has 0 spiro atoms. The van der Waals surface area contributed by atoms with Crippen LogP contribution in [-0.2, 0) is 0 Å². The van der Waals surface area contributed by atoms with E-state index in [4.69, 9.17) is 0 Å². The molecule has 18 heavy (non-hydrogen) atoms. The van der Waals surface area contributed by atoms with Crippen molar-refractivity contribution in [2.45, 2.75) is 38.5 Å². The van der Waals surface area contributed by atoms with Crippen LogP contribution in [0.5, 0.6) is 0 Å². The van der Waals surface area contributed by atoms with Crippen LogP contribution >= 0.6 is 0 Å². The molecule has 96 valence electrons. The number of benzene rings is 1. The first-order chi connectivity index (χ1) is 8.45. The van der Waals surface area contributed by atoms with Crippen LogP contribution < -0.4 is 0 Å². The maximum atomic E-state index is 13.8. The lowest BCUT2D eigenvalue weighted by Gasteiger charge is -2.16. The van der Waals surface area contributed by atoms with Crippen LogP contribution in [0.1, 0.15) is 49.7 Å². The Balaban J connectivity index is 2.36. The molecule has 4 heteroatoms. The molecule has 0 aliphatic heterocycles. The largest absolute Gasteiger partial charge is 0.203 e. The summed E-state index contributed by atoms with van der Waals surface area (Å²) in [6.45, 7) is 3.74. The van der Waals surface area contributed by atoms with E-state index in [0.717, 1.165) is 11.1 Å². The van der Waals surface area contributed by atoms with Crippen molar-refractivity contribution < 1.29 is 17.6 Å². The van der Waals surface area contributed by atoms with E-state index < -0.39 is 23.3 Å². The molecule has 0 radical (unpaired) electrons. The zero-order valence-corrected chi connectivity index (χ0v) is 10.1. The highest BCUT2D eigenvalue weighted by Crippen LogP contribution is 2.59. The summed E-state index contributed by atoms with van der Waals surface area (Å²) in [5.74, 6) is -6.36. The standard InChI is InChI=1S/C14H12F4/c1-5(2)8-6-3-4-7(8)10-9(6)11(15)13(17)14(18)12(10)16/h6-7H,3-4H2,1-2H3. The minimum Gasteiger partial charge on any atom is -0.203 e. The molecular formula is C14H12F4. The van der Waals surface area contributed by atoms with Crippen LogP contribution in [0, 0.1) is 23.3 Å². The van der Waals surface area contributed by atoms with Gasteiger partial charge in [0.15, 0.2) is 23.3 Å². The van der Waals surface area contributed by atoms with Gasteiger partial charge in [0.2, 0.25) is 0 Å². The summed E-state index contributed by atoms with van der Waals surface area (Å²) in [5, 5.41) is 0. The third-order valence-corrected chi connectivity index (χ3v) is 4.11. The first-order valence-corrected chi connectivity index (χ1v) is 5.98. The summed E-state index contributed by atoms with van der Waals surface area (Å²) in [6.07, 6.45) is 1.36. The number of halogens is 4. The molecule has 0 N–H and O–H groups in total. The average Bonchev–Trinajstić information content (AvgIpc) is 2.88. The molecule has 1 fully saturated rings. The van der Waals surface area contributed by atoms with Crippen molar-refractivity contribution in [2.75, 3.05) is 0 Å². The van der Waals surface area contributed by atoms with Gasteiger partial charge in [0, 0.05) is 23.0 Å². The smallest absolute Gasteiger partial charge is 0.197 e. The molecular weight excluding hydrogens is 244 g/mol. The highest BCUT2D eigenvalue weighted by atomic mass is 19.2. The lowest BCUT2D eigenvalue weighted by atomic mass is 9.90. The van der Waals surface area contributed by atoms with Gasteiger partial charge in [-0.3, -0.25) is 0 Å². The molecule has 1 aromatic carbocycles. The summed E-state index contributed by atoms with van der Waals surface area (Å²) < 4.78 is 54.3. The molecule has 0 amide bonds. The molecule has 2 unspecified atom stereocenters. The number of hydrogen-bond acceptors (Lipinski definition) is 0. The van der Waals surface area contributed by atoms with Gasteiger partial charge in [0.1, 0.15) is 0 Å². The van der Waals surface area contributed by atoms with E-state index in [0.29, 0.717) is 12.8 Å². The third kappa shape index (κ3) is 1.21. The van der Waals surface area contributed by atoms with Gasteiger partial charge in [-0.2, -0.15) is 0 Å². The minimum atomic E-state index is -1.69. The zero-order valence-electron chi connectivity index (χ0n) is 10.1.